The zero-order chi connectivity index (χ0) is 16.5. The van der Waals surface area contributed by atoms with Crippen molar-refractivity contribution in [1.29, 1.82) is 0 Å². The molecule has 5 nitrogen and oxygen atoms in total. The fourth-order valence-electron chi connectivity index (χ4n) is 2.92. The van der Waals surface area contributed by atoms with E-state index < -0.39 is 39.4 Å². The number of esters is 1. The predicted molar refractivity (Wildman–Crippen MR) is 69.8 cm³/mol. The Morgan fingerprint density at radius 1 is 1.23 bits per heavy atom. The minimum Gasteiger partial charge on any atom is -0.458 e. The molecule has 126 valence electrons. The van der Waals surface area contributed by atoms with Gasteiger partial charge in [0.1, 0.15) is 11.9 Å². The summed E-state index contributed by atoms with van der Waals surface area (Å²) >= 11 is 0. The average molecular weight is 342 g/mol. The van der Waals surface area contributed by atoms with E-state index in [1.165, 1.54) is 6.92 Å². The monoisotopic (exact) mass is 342 g/mol. The van der Waals surface area contributed by atoms with E-state index in [2.05, 4.69) is 4.18 Å². The van der Waals surface area contributed by atoms with Crippen LogP contribution in [0, 0.1) is 11.8 Å². The third-order valence-electron chi connectivity index (χ3n) is 4.06. The van der Waals surface area contributed by atoms with Gasteiger partial charge < -0.3 is 8.92 Å². The van der Waals surface area contributed by atoms with Gasteiger partial charge in [-0.15, -0.1) is 0 Å². The highest BCUT2D eigenvalue weighted by molar-refractivity contribution is 7.87. The zero-order valence-electron chi connectivity index (χ0n) is 11.9. The molecule has 0 amide bonds. The number of carbonyl (C=O) groups is 1. The van der Waals surface area contributed by atoms with Gasteiger partial charge in [-0.25, -0.2) is 4.79 Å². The summed E-state index contributed by atoms with van der Waals surface area (Å²) in [6.45, 7) is 1.50. The Kier molecular flexibility index (Phi) is 4.74. The molecular formula is C13H17F3O5S. The van der Waals surface area contributed by atoms with E-state index in [4.69, 9.17) is 4.74 Å². The van der Waals surface area contributed by atoms with Gasteiger partial charge in [0.2, 0.25) is 0 Å². The summed E-state index contributed by atoms with van der Waals surface area (Å²) in [5.74, 6) is -2.11. The van der Waals surface area contributed by atoms with Crippen molar-refractivity contribution in [2.24, 2.45) is 11.8 Å². The van der Waals surface area contributed by atoms with Crippen molar-refractivity contribution in [3.8, 4) is 0 Å². The predicted octanol–water partition coefficient (Wildman–Crippen LogP) is 2.88. The molecule has 0 aromatic carbocycles. The van der Waals surface area contributed by atoms with Gasteiger partial charge in [-0.3, -0.25) is 0 Å². The van der Waals surface area contributed by atoms with Crippen molar-refractivity contribution in [2.45, 2.75) is 50.6 Å². The standard InChI is InChI=1S/C13H17F3O5S/c1-8-10(21-22(18,19)13(14,15)16)7-11(17)20-12(8)9-5-3-2-4-6-9/h7-9,12H,2-6H2,1H3/t8-,12+/m0/s1. The molecule has 0 N–H and O–H groups in total. The van der Waals surface area contributed by atoms with Crippen molar-refractivity contribution < 1.29 is 35.3 Å². The first-order valence-electron chi connectivity index (χ1n) is 7.05. The number of halogens is 3. The molecule has 0 aromatic heterocycles. The molecule has 2 aliphatic rings. The SMILES string of the molecule is C[C@H]1C(OS(=O)(=O)C(F)(F)F)=CC(=O)O[C@H]1C1CCCCC1. The second-order valence-corrected chi connectivity index (χ2v) is 7.16. The molecule has 1 aliphatic carbocycles. The first kappa shape index (κ1) is 17.1. The summed E-state index contributed by atoms with van der Waals surface area (Å²) in [6.07, 6.45) is 4.57. The van der Waals surface area contributed by atoms with E-state index >= 15 is 0 Å². The van der Waals surface area contributed by atoms with E-state index in [0.29, 0.717) is 6.08 Å². The van der Waals surface area contributed by atoms with Crippen molar-refractivity contribution in [3.05, 3.63) is 11.8 Å². The Bertz CT molecular complexity index is 561. The smallest absolute Gasteiger partial charge is 0.458 e. The van der Waals surface area contributed by atoms with Crippen LogP contribution in [0.4, 0.5) is 13.2 Å². The lowest BCUT2D eigenvalue weighted by Gasteiger charge is -2.36. The number of ether oxygens (including phenoxy) is 1. The summed E-state index contributed by atoms with van der Waals surface area (Å²) < 4.78 is 68.8. The highest BCUT2D eigenvalue weighted by Crippen LogP contribution is 2.38. The van der Waals surface area contributed by atoms with Gasteiger partial charge >= 0.3 is 21.6 Å². The van der Waals surface area contributed by atoms with Crippen LogP contribution in [0.3, 0.4) is 0 Å². The van der Waals surface area contributed by atoms with Crippen LogP contribution in [0.2, 0.25) is 0 Å². The van der Waals surface area contributed by atoms with E-state index in [1.807, 2.05) is 0 Å². The molecule has 0 radical (unpaired) electrons. The van der Waals surface area contributed by atoms with E-state index in [-0.39, 0.29) is 5.92 Å². The lowest BCUT2D eigenvalue weighted by atomic mass is 9.79. The molecule has 0 spiro atoms. The maximum Gasteiger partial charge on any atom is 0.534 e. The van der Waals surface area contributed by atoms with Gasteiger partial charge in [0, 0.05) is 0 Å². The largest absolute Gasteiger partial charge is 0.534 e. The average Bonchev–Trinajstić information content (AvgIpc) is 2.42. The first-order valence-corrected chi connectivity index (χ1v) is 8.45. The lowest BCUT2D eigenvalue weighted by Crippen LogP contribution is -2.39. The van der Waals surface area contributed by atoms with Crippen molar-refractivity contribution in [2.75, 3.05) is 0 Å². The quantitative estimate of drug-likeness (QED) is 0.448. The highest BCUT2D eigenvalue weighted by atomic mass is 32.2. The molecule has 2 atom stereocenters. The Balaban J connectivity index is 2.19. The molecule has 9 heteroatoms. The Morgan fingerprint density at radius 3 is 2.36 bits per heavy atom. The fraction of sp³-hybridized carbons (Fsp3) is 0.769. The Labute approximate surface area is 126 Å². The van der Waals surface area contributed by atoms with E-state index in [0.717, 1.165) is 32.1 Å². The van der Waals surface area contributed by atoms with Gasteiger partial charge in [-0.05, 0) is 18.8 Å². The van der Waals surface area contributed by atoms with Crippen LogP contribution in [0.25, 0.3) is 0 Å². The number of rotatable bonds is 3. The van der Waals surface area contributed by atoms with E-state index in [1.54, 1.807) is 0 Å². The van der Waals surface area contributed by atoms with Crippen LogP contribution in [0.1, 0.15) is 39.0 Å². The molecule has 1 saturated carbocycles. The topological polar surface area (TPSA) is 69.7 Å². The van der Waals surface area contributed by atoms with Crippen LogP contribution >= 0.6 is 0 Å². The normalized spacial score (nSPS) is 28.0. The summed E-state index contributed by atoms with van der Waals surface area (Å²) in [7, 11) is -5.78. The maximum absolute atomic E-state index is 12.4. The molecule has 0 bridgehead atoms. The van der Waals surface area contributed by atoms with E-state index in [9.17, 15) is 26.4 Å². The third kappa shape index (κ3) is 3.56. The molecule has 0 unspecified atom stereocenters. The first-order chi connectivity index (χ1) is 10.1. The van der Waals surface area contributed by atoms with Gasteiger partial charge in [0.05, 0.1) is 12.0 Å². The molecule has 0 saturated heterocycles. The number of alkyl halides is 3. The second-order valence-electron chi connectivity index (χ2n) is 5.62. The fourth-order valence-corrected chi connectivity index (χ4v) is 3.47. The molecule has 1 heterocycles. The van der Waals surface area contributed by atoms with Gasteiger partial charge in [-0.2, -0.15) is 21.6 Å². The second kappa shape index (κ2) is 6.10. The van der Waals surface area contributed by atoms with Crippen molar-refractivity contribution in [1.82, 2.24) is 0 Å². The number of carbonyl (C=O) groups excluding carboxylic acids is 1. The number of cyclic esters (lactones) is 1. The minimum atomic E-state index is -5.78. The van der Waals surface area contributed by atoms with Crippen LogP contribution < -0.4 is 0 Å². The van der Waals surface area contributed by atoms with Crippen molar-refractivity contribution >= 4 is 16.1 Å². The lowest BCUT2D eigenvalue weighted by molar-refractivity contribution is -0.152. The number of hydrogen-bond donors (Lipinski definition) is 0. The molecular weight excluding hydrogens is 325 g/mol. The molecule has 2 rings (SSSR count). The van der Waals surface area contributed by atoms with Crippen LogP contribution in [0.5, 0.6) is 0 Å². The Hall–Kier alpha value is -1.25. The Morgan fingerprint density at radius 2 is 1.82 bits per heavy atom. The summed E-state index contributed by atoms with van der Waals surface area (Å²) in [6, 6.07) is 0. The van der Waals surface area contributed by atoms with Crippen molar-refractivity contribution in [3.63, 3.8) is 0 Å². The van der Waals surface area contributed by atoms with Gasteiger partial charge in [0.25, 0.3) is 0 Å². The van der Waals surface area contributed by atoms with Gasteiger partial charge in [-0.1, -0.05) is 26.2 Å². The summed E-state index contributed by atoms with van der Waals surface area (Å²) in [5.41, 5.74) is -5.53. The third-order valence-corrected chi connectivity index (χ3v) is 5.04. The van der Waals surface area contributed by atoms with Crippen LogP contribution in [-0.4, -0.2) is 26.0 Å². The highest BCUT2D eigenvalue weighted by Gasteiger charge is 2.50. The van der Waals surface area contributed by atoms with Gasteiger partial charge in [0.15, 0.2) is 0 Å². The molecule has 1 fully saturated rings. The molecule has 0 aromatic rings. The van der Waals surface area contributed by atoms with Crippen LogP contribution in [-0.2, 0) is 23.8 Å². The van der Waals surface area contributed by atoms with Crippen LogP contribution in [0.15, 0.2) is 11.8 Å². The summed E-state index contributed by atoms with van der Waals surface area (Å²) in [5, 5.41) is 0. The maximum atomic E-state index is 12.4. The molecule has 1 aliphatic heterocycles. The number of hydrogen-bond acceptors (Lipinski definition) is 5. The summed E-state index contributed by atoms with van der Waals surface area (Å²) in [4.78, 5) is 11.6. The zero-order valence-corrected chi connectivity index (χ0v) is 12.7. The molecule has 22 heavy (non-hydrogen) atoms. The minimum absolute atomic E-state index is 0.00795.